The lowest BCUT2D eigenvalue weighted by Gasteiger charge is -2.32. The van der Waals surface area contributed by atoms with Gasteiger partial charge < -0.3 is 19.9 Å². The molecular formula is C24H33N3O2S. The third kappa shape index (κ3) is 5.03. The van der Waals surface area contributed by atoms with Crippen LogP contribution in [0, 0.1) is 13.8 Å². The standard InChI is InChI=1S/C24H33N3O2S/c1-16-11-17(2)22-18(12-16)13-19(23(28)26-22)14-27(15-21-9-6-10-29-21)24(30)25-20-7-4-3-5-8-20/h11-13,20-21H,3-10,14-15H2,1-2H3,(H,25,30)(H,26,28). The number of aryl methyl sites for hydroxylation is 2. The maximum absolute atomic E-state index is 12.9. The van der Waals surface area contributed by atoms with E-state index in [2.05, 4.69) is 34.3 Å². The zero-order valence-corrected chi connectivity index (χ0v) is 18.9. The summed E-state index contributed by atoms with van der Waals surface area (Å²) in [4.78, 5) is 18.1. The summed E-state index contributed by atoms with van der Waals surface area (Å²) in [5.41, 5.74) is 3.93. The summed E-state index contributed by atoms with van der Waals surface area (Å²) < 4.78 is 5.88. The number of benzene rings is 1. The molecule has 6 heteroatoms. The lowest BCUT2D eigenvalue weighted by Crippen LogP contribution is -2.47. The normalized spacial score (nSPS) is 19.9. The van der Waals surface area contributed by atoms with Gasteiger partial charge in [-0.3, -0.25) is 4.79 Å². The smallest absolute Gasteiger partial charge is 0.253 e. The lowest BCUT2D eigenvalue weighted by molar-refractivity contribution is 0.0894. The summed E-state index contributed by atoms with van der Waals surface area (Å²) in [6.07, 6.45) is 8.50. The van der Waals surface area contributed by atoms with Crippen molar-refractivity contribution in [2.75, 3.05) is 13.2 Å². The van der Waals surface area contributed by atoms with Crippen LogP contribution in [0.3, 0.4) is 0 Å². The predicted molar refractivity (Wildman–Crippen MR) is 126 cm³/mol. The Morgan fingerprint density at radius 1 is 1.17 bits per heavy atom. The second kappa shape index (κ2) is 9.48. The van der Waals surface area contributed by atoms with Crippen LogP contribution in [0.4, 0.5) is 0 Å². The second-order valence-corrected chi connectivity index (χ2v) is 9.36. The molecule has 30 heavy (non-hydrogen) atoms. The maximum Gasteiger partial charge on any atom is 0.253 e. The first kappa shape index (κ1) is 21.3. The van der Waals surface area contributed by atoms with E-state index < -0.39 is 0 Å². The predicted octanol–water partition coefficient (Wildman–Crippen LogP) is 4.33. The number of aromatic amines is 1. The topological polar surface area (TPSA) is 57.4 Å². The highest BCUT2D eigenvalue weighted by Gasteiger charge is 2.24. The number of aromatic nitrogens is 1. The number of hydrogen-bond donors (Lipinski definition) is 2. The number of nitrogens with zero attached hydrogens (tertiary/aromatic N) is 1. The van der Waals surface area contributed by atoms with E-state index in [-0.39, 0.29) is 11.7 Å². The van der Waals surface area contributed by atoms with Crippen molar-refractivity contribution in [2.45, 2.75) is 77.5 Å². The fourth-order valence-electron chi connectivity index (χ4n) is 4.82. The molecule has 1 saturated carbocycles. The van der Waals surface area contributed by atoms with Crippen LogP contribution in [0.2, 0.25) is 0 Å². The summed E-state index contributed by atoms with van der Waals surface area (Å²) >= 11 is 5.82. The number of nitrogens with one attached hydrogen (secondary N) is 2. The number of fused-ring (bicyclic) bond motifs is 1. The Hall–Kier alpha value is -1.92. The van der Waals surface area contributed by atoms with E-state index in [9.17, 15) is 4.79 Å². The molecule has 0 bridgehead atoms. The van der Waals surface area contributed by atoms with E-state index in [0.29, 0.717) is 12.6 Å². The van der Waals surface area contributed by atoms with Crippen LogP contribution in [-0.4, -0.2) is 40.3 Å². The van der Waals surface area contributed by atoms with Crippen molar-refractivity contribution in [3.8, 4) is 0 Å². The van der Waals surface area contributed by atoms with Gasteiger partial charge in [0.05, 0.1) is 18.2 Å². The van der Waals surface area contributed by atoms with Gasteiger partial charge in [-0.15, -0.1) is 0 Å². The van der Waals surface area contributed by atoms with E-state index >= 15 is 0 Å². The minimum absolute atomic E-state index is 0.0349. The van der Waals surface area contributed by atoms with Crippen LogP contribution < -0.4 is 10.9 Å². The summed E-state index contributed by atoms with van der Waals surface area (Å²) in [7, 11) is 0. The molecule has 1 aromatic carbocycles. The molecule has 0 amide bonds. The Balaban J connectivity index is 1.57. The number of rotatable bonds is 5. The summed E-state index contributed by atoms with van der Waals surface area (Å²) in [6.45, 7) is 6.16. The molecule has 4 rings (SSSR count). The van der Waals surface area contributed by atoms with Crippen LogP contribution in [0.5, 0.6) is 0 Å². The Bertz CT molecular complexity index is 959. The minimum atomic E-state index is -0.0349. The molecule has 2 aliphatic rings. The number of ether oxygens (including phenoxy) is 1. The highest BCUT2D eigenvalue weighted by atomic mass is 32.1. The Labute approximate surface area is 184 Å². The first-order valence-electron chi connectivity index (χ1n) is 11.3. The van der Waals surface area contributed by atoms with E-state index in [0.717, 1.165) is 53.1 Å². The zero-order chi connectivity index (χ0) is 21.1. The number of thiocarbonyl (C=S) groups is 1. The first-order valence-corrected chi connectivity index (χ1v) is 11.7. The summed E-state index contributed by atoms with van der Waals surface area (Å²) in [5.74, 6) is 0. The van der Waals surface area contributed by atoms with Crippen molar-refractivity contribution in [3.63, 3.8) is 0 Å². The van der Waals surface area contributed by atoms with Crippen LogP contribution >= 0.6 is 12.2 Å². The molecular weight excluding hydrogens is 394 g/mol. The average Bonchev–Trinajstić information content (AvgIpc) is 3.22. The molecule has 5 nitrogen and oxygen atoms in total. The van der Waals surface area contributed by atoms with Gasteiger partial charge in [-0.2, -0.15) is 0 Å². The Kier molecular flexibility index (Phi) is 6.74. The van der Waals surface area contributed by atoms with E-state index in [4.69, 9.17) is 17.0 Å². The molecule has 162 valence electrons. The fourth-order valence-corrected chi connectivity index (χ4v) is 5.13. The van der Waals surface area contributed by atoms with Gasteiger partial charge in [0, 0.05) is 24.8 Å². The molecule has 1 atom stereocenters. The van der Waals surface area contributed by atoms with Crippen LogP contribution in [0.1, 0.15) is 61.6 Å². The second-order valence-electron chi connectivity index (χ2n) is 8.97. The highest BCUT2D eigenvalue weighted by molar-refractivity contribution is 7.80. The molecule has 1 aromatic heterocycles. The van der Waals surface area contributed by atoms with Gasteiger partial charge in [0.15, 0.2) is 5.11 Å². The number of hydrogen-bond acceptors (Lipinski definition) is 3. The molecule has 2 fully saturated rings. The van der Waals surface area contributed by atoms with Crippen molar-refractivity contribution >= 4 is 28.2 Å². The average molecular weight is 428 g/mol. The van der Waals surface area contributed by atoms with Crippen molar-refractivity contribution in [2.24, 2.45) is 0 Å². The molecule has 1 unspecified atom stereocenters. The largest absolute Gasteiger partial charge is 0.376 e. The molecule has 0 radical (unpaired) electrons. The van der Waals surface area contributed by atoms with Gasteiger partial charge in [0.2, 0.25) is 0 Å². The van der Waals surface area contributed by atoms with Gasteiger partial charge in [0.1, 0.15) is 0 Å². The van der Waals surface area contributed by atoms with Gasteiger partial charge in [-0.05, 0) is 74.8 Å². The monoisotopic (exact) mass is 427 g/mol. The maximum atomic E-state index is 12.9. The van der Waals surface area contributed by atoms with E-state index in [1.54, 1.807) is 0 Å². The zero-order valence-electron chi connectivity index (χ0n) is 18.1. The SMILES string of the molecule is Cc1cc(C)c2[nH]c(=O)c(CN(CC3CCCO3)C(=S)NC3CCCCC3)cc2c1. The highest BCUT2D eigenvalue weighted by Crippen LogP contribution is 2.21. The van der Waals surface area contributed by atoms with Crippen LogP contribution in [-0.2, 0) is 11.3 Å². The molecule has 1 saturated heterocycles. The molecule has 0 spiro atoms. The van der Waals surface area contributed by atoms with Crippen LogP contribution in [0.25, 0.3) is 10.9 Å². The van der Waals surface area contributed by atoms with Crippen LogP contribution in [0.15, 0.2) is 23.0 Å². The van der Waals surface area contributed by atoms with Crippen molar-refractivity contribution in [1.82, 2.24) is 15.2 Å². The Morgan fingerprint density at radius 3 is 2.70 bits per heavy atom. The summed E-state index contributed by atoms with van der Waals surface area (Å²) in [5, 5.41) is 5.40. The molecule has 1 aliphatic carbocycles. The van der Waals surface area contributed by atoms with Crippen molar-refractivity contribution < 1.29 is 4.74 Å². The quantitative estimate of drug-likeness (QED) is 0.696. The van der Waals surface area contributed by atoms with Crippen molar-refractivity contribution in [3.05, 3.63) is 45.2 Å². The fraction of sp³-hybridized carbons (Fsp3) is 0.583. The molecule has 2 heterocycles. The van der Waals surface area contributed by atoms with Gasteiger partial charge in [-0.1, -0.05) is 30.9 Å². The lowest BCUT2D eigenvalue weighted by atomic mass is 9.96. The number of H-pyrrole nitrogens is 1. The molecule has 1 aliphatic heterocycles. The van der Waals surface area contributed by atoms with Gasteiger partial charge in [0.25, 0.3) is 5.56 Å². The third-order valence-corrected chi connectivity index (χ3v) is 6.78. The molecule has 2 aromatic rings. The third-order valence-electron chi connectivity index (χ3n) is 6.40. The first-order chi connectivity index (χ1) is 14.5. The minimum Gasteiger partial charge on any atom is -0.376 e. The number of pyridine rings is 1. The van der Waals surface area contributed by atoms with E-state index in [1.807, 2.05) is 13.0 Å². The van der Waals surface area contributed by atoms with Crippen molar-refractivity contribution in [1.29, 1.82) is 0 Å². The van der Waals surface area contributed by atoms with Gasteiger partial charge >= 0.3 is 0 Å². The van der Waals surface area contributed by atoms with E-state index in [1.165, 1.54) is 37.7 Å². The van der Waals surface area contributed by atoms with Gasteiger partial charge in [-0.25, -0.2) is 0 Å². The molecule has 2 N–H and O–H groups in total. The summed E-state index contributed by atoms with van der Waals surface area (Å²) in [6, 6.07) is 6.70. The Morgan fingerprint density at radius 2 is 1.97 bits per heavy atom.